The number of amides is 1. The van der Waals surface area contributed by atoms with Gasteiger partial charge in [-0.25, -0.2) is 19.3 Å². The molecule has 0 saturated carbocycles. The van der Waals surface area contributed by atoms with Crippen molar-refractivity contribution in [2.75, 3.05) is 6.61 Å². The average Bonchev–Trinajstić information content (AvgIpc) is 3.34. The summed E-state index contributed by atoms with van der Waals surface area (Å²) in [7, 11) is 0. The van der Waals surface area contributed by atoms with Crippen molar-refractivity contribution in [2.45, 2.75) is 32.8 Å². The third-order valence-corrected chi connectivity index (χ3v) is 5.59. The summed E-state index contributed by atoms with van der Waals surface area (Å²) in [5.41, 5.74) is 9.68. The van der Waals surface area contributed by atoms with Crippen LogP contribution in [0.4, 0.5) is 4.79 Å². The molecule has 1 aromatic carbocycles. The molecule has 9 heteroatoms. The number of primary amides is 1. The molecule has 1 atom stereocenters. The van der Waals surface area contributed by atoms with Crippen LogP contribution in [0.25, 0.3) is 27.1 Å². The van der Waals surface area contributed by atoms with Crippen molar-refractivity contribution >= 4 is 33.3 Å². The van der Waals surface area contributed by atoms with Crippen molar-refractivity contribution in [3.63, 3.8) is 0 Å². The summed E-state index contributed by atoms with van der Waals surface area (Å²) >= 11 is 1.53. The van der Waals surface area contributed by atoms with E-state index in [0.717, 1.165) is 27.1 Å². The number of aromatic nitrogens is 4. The Labute approximate surface area is 177 Å². The third kappa shape index (κ3) is 3.93. The zero-order valence-corrected chi connectivity index (χ0v) is 17.8. The van der Waals surface area contributed by atoms with Crippen LogP contribution in [0.1, 0.15) is 27.2 Å². The smallest absolute Gasteiger partial charge is 0.405 e. The SMILES string of the molecule is CC(C)CC(C)(COc1ccc(-c2ccnc3ccnn23)c2scnc12)OC(N)=O. The molecular formula is C21H23N5O3S. The first kappa shape index (κ1) is 20.1. The molecule has 3 heterocycles. The molecule has 4 rings (SSSR count). The van der Waals surface area contributed by atoms with Gasteiger partial charge in [-0.05, 0) is 37.5 Å². The number of nitrogens with zero attached hydrogens (tertiary/aromatic N) is 4. The Kier molecular flexibility index (Phi) is 5.29. The zero-order chi connectivity index (χ0) is 21.3. The van der Waals surface area contributed by atoms with Crippen LogP contribution < -0.4 is 10.5 Å². The molecular weight excluding hydrogens is 402 g/mol. The molecule has 3 aromatic heterocycles. The summed E-state index contributed by atoms with van der Waals surface area (Å²) in [5.74, 6) is 0.937. The van der Waals surface area contributed by atoms with Gasteiger partial charge in [0, 0.05) is 17.8 Å². The highest BCUT2D eigenvalue weighted by atomic mass is 32.1. The maximum Gasteiger partial charge on any atom is 0.405 e. The minimum atomic E-state index is -0.826. The lowest BCUT2D eigenvalue weighted by Crippen LogP contribution is -2.41. The Morgan fingerprint density at radius 1 is 1.23 bits per heavy atom. The third-order valence-electron chi connectivity index (χ3n) is 4.73. The molecule has 0 aliphatic rings. The van der Waals surface area contributed by atoms with Gasteiger partial charge in [-0.2, -0.15) is 5.10 Å². The van der Waals surface area contributed by atoms with Crippen LogP contribution in [0, 0.1) is 5.92 Å². The molecule has 0 radical (unpaired) electrons. The first-order chi connectivity index (χ1) is 14.4. The molecule has 0 saturated heterocycles. The van der Waals surface area contributed by atoms with Crippen molar-refractivity contribution in [1.82, 2.24) is 19.6 Å². The second-order valence-corrected chi connectivity index (χ2v) is 8.69. The van der Waals surface area contributed by atoms with Gasteiger partial charge in [0.15, 0.2) is 5.65 Å². The number of nitrogens with two attached hydrogens (primary N) is 1. The van der Waals surface area contributed by atoms with Crippen LogP contribution in [-0.4, -0.2) is 37.9 Å². The molecule has 1 unspecified atom stereocenters. The fourth-order valence-corrected chi connectivity index (χ4v) is 4.58. The number of thiazole rings is 1. The minimum Gasteiger partial charge on any atom is -0.487 e. The Hall–Kier alpha value is -3.20. The van der Waals surface area contributed by atoms with E-state index in [9.17, 15) is 4.79 Å². The van der Waals surface area contributed by atoms with Crippen molar-refractivity contribution in [2.24, 2.45) is 11.7 Å². The van der Waals surface area contributed by atoms with Crippen molar-refractivity contribution in [3.8, 4) is 17.0 Å². The van der Waals surface area contributed by atoms with Gasteiger partial charge in [0.2, 0.25) is 0 Å². The molecule has 0 aliphatic carbocycles. The standard InChI is InChI=1S/C21H23N5O3S/c1-13(2)10-21(3,29-20(22)27)11-28-16-5-4-14(19-18(16)24-12-30-19)15-6-8-23-17-7-9-25-26(15)17/h4-9,12-13H,10-11H2,1-3H3,(H2,22,27). The summed E-state index contributed by atoms with van der Waals surface area (Å²) in [6.07, 6.45) is 3.31. The lowest BCUT2D eigenvalue weighted by atomic mass is 9.95. The predicted molar refractivity (Wildman–Crippen MR) is 116 cm³/mol. The summed E-state index contributed by atoms with van der Waals surface area (Å²) in [4.78, 5) is 20.2. The van der Waals surface area contributed by atoms with Gasteiger partial charge in [-0.3, -0.25) is 0 Å². The topological polar surface area (TPSA) is 105 Å². The van der Waals surface area contributed by atoms with E-state index in [0.29, 0.717) is 18.1 Å². The second kappa shape index (κ2) is 7.91. The van der Waals surface area contributed by atoms with Crippen LogP contribution in [0.5, 0.6) is 5.75 Å². The number of hydrogen-bond acceptors (Lipinski definition) is 7. The van der Waals surface area contributed by atoms with Gasteiger partial charge in [0.25, 0.3) is 0 Å². The van der Waals surface area contributed by atoms with Gasteiger partial charge in [-0.1, -0.05) is 13.8 Å². The van der Waals surface area contributed by atoms with E-state index in [1.807, 2.05) is 31.2 Å². The zero-order valence-electron chi connectivity index (χ0n) is 17.0. The van der Waals surface area contributed by atoms with Gasteiger partial charge in [0.05, 0.1) is 22.1 Å². The summed E-state index contributed by atoms with van der Waals surface area (Å²) < 4.78 is 14.2. The molecule has 0 spiro atoms. The molecule has 2 N–H and O–H groups in total. The largest absolute Gasteiger partial charge is 0.487 e. The number of fused-ring (bicyclic) bond motifs is 2. The predicted octanol–water partition coefficient (Wildman–Crippen LogP) is 4.28. The molecule has 1 amide bonds. The fraction of sp³-hybridized carbons (Fsp3) is 0.333. The summed E-state index contributed by atoms with van der Waals surface area (Å²) in [5, 5.41) is 4.38. The maximum atomic E-state index is 11.4. The van der Waals surface area contributed by atoms with E-state index < -0.39 is 11.7 Å². The lowest BCUT2D eigenvalue weighted by molar-refractivity contribution is -0.0183. The Balaban J connectivity index is 1.67. The van der Waals surface area contributed by atoms with Crippen molar-refractivity contribution in [3.05, 3.63) is 42.2 Å². The highest BCUT2D eigenvalue weighted by Gasteiger charge is 2.31. The van der Waals surface area contributed by atoms with E-state index in [-0.39, 0.29) is 6.61 Å². The van der Waals surface area contributed by atoms with Crippen LogP contribution in [0.2, 0.25) is 0 Å². The Morgan fingerprint density at radius 2 is 2.07 bits per heavy atom. The highest BCUT2D eigenvalue weighted by molar-refractivity contribution is 7.17. The molecule has 0 bridgehead atoms. The van der Waals surface area contributed by atoms with Gasteiger partial charge in [-0.15, -0.1) is 11.3 Å². The lowest BCUT2D eigenvalue weighted by Gasteiger charge is -2.30. The molecule has 0 fully saturated rings. The highest BCUT2D eigenvalue weighted by Crippen LogP contribution is 2.37. The Morgan fingerprint density at radius 3 is 2.83 bits per heavy atom. The molecule has 4 aromatic rings. The first-order valence-electron chi connectivity index (χ1n) is 9.63. The van der Waals surface area contributed by atoms with E-state index in [2.05, 4.69) is 28.9 Å². The van der Waals surface area contributed by atoms with Crippen LogP contribution in [-0.2, 0) is 4.74 Å². The molecule has 156 valence electrons. The van der Waals surface area contributed by atoms with E-state index in [1.165, 1.54) is 11.3 Å². The Bertz CT molecular complexity index is 1200. The van der Waals surface area contributed by atoms with E-state index in [1.54, 1.807) is 22.4 Å². The minimum absolute atomic E-state index is 0.179. The van der Waals surface area contributed by atoms with E-state index in [4.69, 9.17) is 15.2 Å². The normalized spacial score (nSPS) is 13.6. The number of hydrogen-bond donors (Lipinski definition) is 1. The van der Waals surface area contributed by atoms with Gasteiger partial charge < -0.3 is 15.2 Å². The molecule has 8 nitrogen and oxygen atoms in total. The quantitative estimate of drug-likeness (QED) is 0.474. The van der Waals surface area contributed by atoms with Gasteiger partial charge >= 0.3 is 6.09 Å². The van der Waals surface area contributed by atoms with Gasteiger partial charge in [0.1, 0.15) is 23.5 Å². The van der Waals surface area contributed by atoms with Crippen molar-refractivity contribution in [1.29, 1.82) is 0 Å². The first-order valence-corrected chi connectivity index (χ1v) is 10.5. The maximum absolute atomic E-state index is 11.4. The number of carbonyl (C=O) groups is 1. The number of ether oxygens (including phenoxy) is 2. The summed E-state index contributed by atoms with van der Waals surface area (Å²) in [6, 6.07) is 7.66. The van der Waals surface area contributed by atoms with E-state index >= 15 is 0 Å². The number of carbonyl (C=O) groups excluding carboxylic acids is 1. The fourth-order valence-electron chi connectivity index (χ4n) is 3.75. The molecule has 0 aliphatic heterocycles. The number of benzene rings is 1. The van der Waals surface area contributed by atoms with Crippen LogP contribution in [0.15, 0.2) is 42.2 Å². The number of rotatable bonds is 7. The monoisotopic (exact) mass is 425 g/mol. The second-order valence-electron chi connectivity index (χ2n) is 7.83. The average molecular weight is 426 g/mol. The van der Waals surface area contributed by atoms with Crippen LogP contribution >= 0.6 is 11.3 Å². The molecule has 30 heavy (non-hydrogen) atoms. The van der Waals surface area contributed by atoms with Crippen LogP contribution in [0.3, 0.4) is 0 Å². The summed E-state index contributed by atoms with van der Waals surface area (Å²) in [6.45, 7) is 6.12. The van der Waals surface area contributed by atoms with Crippen molar-refractivity contribution < 1.29 is 14.3 Å².